The maximum Gasteiger partial charge on any atom is 0.130 e. The van der Waals surface area contributed by atoms with E-state index in [1.165, 1.54) is 6.20 Å². The highest BCUT2D eigenvalue weighted by atomic mass is 32.3. The van der Waals surface area contributed by atoms with Crippen molar-refractivity contribution < 1.29 is 12.5 Å². The largest absolute Gasteiger partial charge is 0.488 e. The number of ether oxygens (including phenoxy) is 1. The molecular formula is C16H15F2NOS. The number of aromatic amines is 1. The fraction of sp³-hybridized carbons (Fsp3) is 0.125. The lowest BCUT2D eigenvalue weighted by Crippen LogP contribution is -1.96. The quantitative estimate of drug-likeness (QED) is 0.694. The van der Waals surface area contributed by atoms with E-state index in [-0.39, 0.29) is 4.90 Å². The summed E-state index contributed by atoms with van der Waals surface area (Å²) in [6, 6.07) is 15.0. The highest BCUT2D eigenvalue weighted by Gasteiger charge is 2.24. The van der Waals surface area contributed by atoms with Gasteiger partial charge < -0.3 is 9.72 Å². The summed E-state index contributed by atoms with van der Waals surface area (Å²) in [6.45, 7) is 0.356. The molecule has 0 unspecified atom stereocenters. The molecular weight excluding hydrogens is 292 g/mol. The Bertz CT molecular complexity index is 750. The zero-order valence-electron chi connectivity index (χ0n) is 11.5. The Morgan fingerprint density at radius 1 is 1.05 bits per heavy atom. The van der Waals surface area contributed by atoms with E-state index in [2.05, 4.69) is 4.98 Å². The van der Waals surface area contributed by atoms with E-state index in [1.807, 2.05) is 30.3 Å². The Morgan fingerprint density at radius 2 is 1.81 bits per heavy atom. The van der Waals surface area contributed by atoms with E-state index >= 15 is 0 Å². The summed E-state index contributed by atoms with van der Waals surface area (Å²) < 4.78 is 33.3. The molecule has 21 heavy (non-hydrogen) atoms. The molecule has 0 radical (unpaired) electrons. The molecule has 0 saturated carbocycles. The Labute approximate surface area is 123 Å². The molecule has 0 atom stereocenters. The number of fused-ring (bicyclic) bond motifs is 1. The Morgan fingerprint density at radius 3 is 2.52 bits per heavy atom. The number of H-pyrrole nitrogens is 1. The van der Waals surface area contributed by atoms with Gasteiger partial charge in [-0.1, -0.05) is 36.4 Å². The van der Waals surface area contributed by atoms with Crippen LogP contribution in [0, 0.1) is 0 Å². The molecule has 5 heteroatoms. The van der Waals surface area contributed by atoms with Crippen LogP contribution in [0.4, 0.5) is 7.77 Å². The third kappa shape index (κ3) is 2.88. The lowest BCUT2D eigenvalue weighted by atomic mass is 10.2. The van der Waals surface area contributed by atoms with Gasteiger partial charge in [0.25, 0.3) is 0 Å². The van der Waals surface area contributed by atoms with Crippen molar-refractivity contribution in [2.24, 2.45) is 0 Å². The lowest BCUT2D eigenvalue weighted by molar-refractivity contribution is 0.309. The summed E-state index contributed by atoms with van der Waals surface area (Å²) in [7, 11) is -3.80. The molecule has 3 aromatic rings. The van der Waals surface area contributed by atoms with Crippen LogP contribution in [-0.2, 0) is 6.61 Å². The van der Waals surface area contributed by atoms with Crippen LogP contribution < -0.4 is 4.74 Å². The third-order valence-electron chi connectivity index (χ3n) is 3.25. The number of rotatable bonds is 4. The van der Waals surface area contributed by atoms with Crippen LogP contribution in [0.2, 0.25) is 0 Å². The fourth-order valence-electron chi connectivity index (χ4n) is 2.26. The fourth-order valence-corrected chi connectivity index (χ4v) is 3.09. The molecule has 0 aliphatic heterocycles. The molecule has 2 nitrogen and oxygen atoms in total. The second kappa shape index (κ2) is 5.41. The number of nitrogens with one attached hydrogen (secondary N) is 1. The highest BCUT2D eigenvalue weighted by Crippen LogP contribution is 2.59. The van der Waals surface area contributed by atoms with Crippen LogP contribution in [-0.4, -0.2) is 11.2 Å². The smallest absolute Gasteiger partial charge is 0.130 e. The van der Waals surface area contributed by atoms with Crippen LogP contribution in [0.25, 0.3) is 10.9 Å². The van der Waals surface area contributed by atoms with Crippen LogP contribution in [0.5, 0.6) is 5.75 Å². The first-order chi connectivity index (χ1) is 10.1. The molecule has 2 aromatic carbocycles. The van der Waals surface area contributed by atoms with E-state index in [4.69, 9.17) is 4.74 Å². The minimum Gasteiger partial charge on any atom is -0.488 e. The molecule has 0 aliphatic rings. The lowest BCUT2D eigenvalue weighted by Gasteiger charge is -2.15. The van der Waals surface area contributed by atoms with Gasteiger partial charge in [-0.15, -0.1) is 0 Å². The van der Waals surface area contributed by atoms with Gasteiger partial charge in [0, 0.05) is 12.5 Å². The SMILES string of the molecule is CS(F)(F)c1c[nH]c2cccc(OCc3ccccc3)c12. The first-order valence-corrected chi connectivity index (χ1v) is 8.34. The first kappa shape index (κ1) is 13.9. The summed E-state index contributed by atoms with van der Waals surface area (Å²) in [5, 5.41) is 0.482. The predicted octanol–water partition coefficient (Wildman–Crippen LogP) is 5.31. The van der Waals surface area contributed by atoms with E-state index < -0.39 is 10.8 Å². The van der Waals surface area contributed by atoms with Gasteiger partial charge in [0.2, 0.25) is 0 Å². The van der Waals surface area contributed by atoms with Crippen LogP contribution >= 0.6 is 10.8 Å². The number of halogens is 2. The minimum absolute atomic E-state index is 0.0427. The molecule has 0 spiro atoms. The highest BCUT2D eigenvalue weighted by molar-refractivity contribution is 8.24. The van der Waals surface area contributed by atoms with E-state index in [9.17, 15) is 7.77 Å². The van der Waals surface area contributed by atoms with Crippen molar-refractivity contribution in [2.45, 2.75) is 11.5 Å². The number of benzene rings is 2. The second-order valence-electron chi connectivity index (χ2n) is 4.83. The molecule has 1 heterocycles. The van der Waals surface area contributed by atoms with Crippen molar-refractivity contribution in [3.05, 3.63) is 60.3 Å². The molecule has 0 fully saturated rings. The van der Waals surface area contributed by atoms with Gasteiger partial charge in [-0.2, -0.15) is 7.77 Å². The zero-order valence-corrected chi connectivity index (χ0v) is 12.3. The maximum atomic E-state index is 13.8. The molecule has 1 aromatic heterocycles. The summed E-state index contributed by atoms with van der Waals surface area (Å²) in [6.07, 6.45) is 2.36. The van der Waals surface area contributed by atoms with Crippen LogP contribution in [0.1, 0.15) is 5.56 Å². The summed E-state index contributed by atoms with van der Waals surface area (Å²) in [4.78, 5) is 2.94. The summed E-state index contributed by atoms with van der Waals surface area (Å²) >= 11 is 0. The first-order valence-electron chi connectivity index (χ1n) is 6.50. The summed E-state index contributed by atoms with van der Waals surface area (Å²) in [5.41, 5.74) is 1.67. The van der Waals surface area contributed by atoms with Gasteiger partial charge in [0.1, 0.15) is 12.4 Å². The van der Waals surface area contributed by atoms with E-state index in [0.717, 1.165) is 11.8 Å². The molecule has 0 bridgehead atoms. The van der Waals surface area contributed by atoms with Crippen molar-refractivity contribution >= 4 is 21.7 Å². The van der Waals surface area contributed by atoms with Crippen molar-refractivity contribution in [1.82, 2.24) is 4.98 Å². The van der Waals surface area contributed by atoms with Gasteiger partial charge in [-0.3, -0.25) is 0 Å². The van der Waals surface area contributed by atoms with E-state index in [1.54, 1.807) is 18.2 Å². The number of aromatic nitrogens is 1. The van der Waals surface area contributed by atoms with E-state index in [0.29, 0.717) is 23.3 Å². The summed E-state index contributed by atoms with van der Waals surface area (Å²) in [5.74, 6) is 0.488. The van der Waals surface area contributed by atoms with Gasteiger partial charge in [-0.05, 0) is 17.7 Å². The minimum atomic E-state index is -3.80. The second-order valence-corrected chi connectivity index (χ2v) is 6.72. The number of hydrogen-bond acceptors (Lipinski definition) is 1. The molecule has 0 saturated heterocycles. The molecule has 0 aliphatic carbocycles. The Kier molecular flexibility index (Phi) is 3.59. The maximum absolute atomic E-state index is 13.8. The zero-order chi connectivity index (χ0) is 14.9. The van der Waals surface area contributed by atoms with Crippen molar-refractivity contribution in [3.8, 4) is 5.75 Å². The molecule has 0 amide bonds. The van der Waals surface area contributed by atoms with Crippen molar-refractivity contribution in [3.63, 3.8) is 0 Å². The third-order valence-corrected chi connectivity index (χ3v) is 4.35. The average molecular weight is 307 g/mol. The predicted molar refractivity (Wildman–Crippen MR) is 83.1 cm³/mol. The van der Waals surface area contributed by atoms with Gasteiger partial charge in [0.05, 0.1) is 26.6 Å². The van der Waals surface area contributed by atoms with Gasteiger partial charge >= 0.3 is 0 Å². The molecule has 1 N–H and O–H groups in total. The molecule has 3 rings (SSSR count). The van der Waals surface area contributed by atoms with Crippen molar-refractivity contribution in [1.29, 1.82) is 0 Å². The van der Waals surface area contributed by atoms with Crippen LogP contribution in [0.3, 0.4) is 0 Å². The number of hydrogen-bond donors (Lipinski definition) is 1. The monoisotopic (exact) mass is 307 g/mol. The normalized spacial score (nSPS) is 12.5. The van der Waals surface area contributed by atoms with Gasteiger partial charge in [0.15, 0.2) is 0 Å². The standard InChI is InChI=1S/C16H15F2NOS/c1-21(17,18)15-10-19-13-8-5-9-14(16(13)15)20-11-12-6-3-2-4-7-12/h2-10,19H,11H2,1H3. The van der Waals surface area contributed by atoms with Crippen molar-refractivity contribution in [2.75, 3.05) is 6.26 Å². The topological polar surface area (TPSA) is 25.0 Å². The van der Waals surface area contributed by atoms with Gasteiger partial charge in [-0.25, -0.2) is 0 Å². The average Bonchev–Trinajstić information content (AvgIpc) is 2.91. The van der Waals surface area contributed by atoms with Crippen LogP contribution in [0.15, 0.2) is 59.6 Å². The Hall–Kier alpha value is -2.01. The molecule has 110 valence electrons. The Balaban J connectivity index is 1.97.